The van der Waals surface area contributed by atoms with Crippen molar-refractivity contribution in [3.63, 3.8) is 0 Å². The molecule has 0 aromatic rings. The topological polar surface area (TPSA) is 0 Å². The highest BCUT2D eigenvalue weighted by Gasteiger charge is 1.80. The molecule has 0 heteroatoms. The van der Waals surface area contributed by atoms with E-state index < -0.39 is 0 Å². The molecule has 0 aliphatic rings. The van der Waals surface area contributed by atoms with Crippen LogP contribution in [0.4, 0.5) is 0 Å². The number of allylic oxidation sites excluding steroid dienone is 4. The average molecular weight is 110 g/mol. The van der Waals surface area contributed by atoms with E-state index in [2.05, 4.69) is 32.9 Å². The molecule has 0 aliphatic heterocycles. The van der Waals surface area contributed by atoms with Gasteiger partial charge in [-0.15, -0.1) is 0 Å². The molecule has 0 fully saturated rings. The van der Waals surface area contributed by atoms with Gasteiger partial charge in [0.15, 0.2) is 0 Å². The van der Waals surface area contributed by atoms with Crippen molar-refractivity contribution in [2.45, 2.75) is 27.7 Å². The molecule has 0 spiro atoms. The zero-order chi connectivity index (χ0) is 6.57. The lowest BCUT2D eigenvalue weighted by atomic mass is 10.2. The van der Waals surface area contributed by atoms with Gasteiger partial charge >= 0.3 is 0 Å². The molecule has 0 radical (unpaired) electrons. The largest absolute Gasteiger partial charge is 0.0874 e. The van der Waals surface area contributed by atoms with Crippen molar-refractivity contribution in [2.75, 3.05) is 0 Å². The number of hydrogen-bond donors (Lipinski definition) is 0. The fourth-order valence-corrected chi connectivity index (χ4v) is 0.417. The maximum atomic E-state index is 2.12. The Kier molecular flexibility index (Phi) is 3.25. The van der Waals surface area contributed by atoms with E-state index in [1.807, 2.05) is 6.92 Å². The maximum Gasteiger partial charge on any atom is -0.0399 e. The Hall–Kier alpha value is -0.520. The van der Waals surface area contributed by atoms with Crippen LogP contribution >= 0.6 is 0 Å². The molecule has 0 nitrogen and oxygen atoms in total. The molecule has 0 N–H and O–H groups in total. The first-order chi connectivity index (χ1) is 3.68. The maximum absolute atomic E-state index is 2.12. The zero-order valence-electron chi connectivity index (χ0n) is 6.15. The quantitative estimate of drug-likeness (QED) is 0.455. The van der Waals surface area contributed by atoms with Gasteiger partial charge in [-0.1, -0.05) is 23.3 Å². The Morgan fingerprint density at radius 2 is 1.62 bits per heavy atom. The van der Waals surface area contributed by atoms with Gasteiger partial charge in [0.1, 0.15) is 0 Å². The summed E-state index contributed by atoms with van der Waals surface area (Å²) in [5, 5.41) is 0. The van der Waals surface area contributed by atoms with E-state index in [0.29, 0.717) is 0 Å². The second kappa shape index (κ2) is 3.48. The van der Waals surface area contributed by atoms with E-state index in [9.17, 15) is 0 Å². The molecule has 46 valence electrons. The van der Waals surface area contributed by atoms with Crippen LogP contribution in [0.5, 0.6) is 0 Å². The Morgan fingerprint density at radius 1 is 1.12 bits per heavy atom. The molecule has 0 rings (SSSR count). The summed E-state index contributed by atoms with van der Waals surface area (Å²) in [5.41, 5.74) is 2.76. The second-order valence-corrected chi connectivity index (χ2v) is 2.18. The third-order valence-corrected chi connectivity index (χ3v) is 1.21. The second-order valence-electron chi connectivity index (χ2n) is 2.18. The minimum Gasteiger partial charge on any atom is -0.0874 e. The molecule has 0 bridgehead atoms. The molecule has 0 heterocycles. The summed E-state index contributed by atoms with van der Waals surface area (Å²) in [5.74, 6) is 0. The van der Waals surface area contributed by atoms with Gasteiger partial charge in [0.05, 0.1) is 0 Å². The lowest BCUT2D eigenvalue weighted by Gasteiger charge is -1.91. The van der Waals surface area contributed by atoms with E-state index in [1.165, 1.54) is 11.1 Å². The van der Waals surface area contributed by atoms with Gasteiger partial charge in [-0.05, 0) is 27.7 Å². The molecule has 0 amide bonds. The van der Waals surface area contributed by atoms with Crippen molar-refractivity contribution in [1.29, 1.82) is 0 Å². The van der Waals surface area contributed by atoms with Crippen molar-refractivity contribution in [1.82, 2.24) is 0 Å². The first-order valence-electron chi connectivity index (χ1n) is 2.95. The van der Waals surface area contributed by atoms with Crippen LogP contribution in [0.1, 0.15) is 27.7 Å². The molecule has 0 aromatic heterocycles. The van der Waals surface area contributed by atoms with Crippen LogP contribution < -0.4 is 0 Å². The fraction of sp³-hybridized carbons (Fsp3) is 0.500. The Bertz CT molecular complexity index is 112. The zero-order valence-corrected chi connectivity index (χ0v) is 6.15. The van der Waals surface area contributed by atoms with Crippen LogP contribution in [-0.4, -0.2) is 0 Å². The van der Waals surface area contributed by atoms with Crippen LogP contribution in [0, 0.1) is 0 Å². The summed E-state index contributed by atoms with van der Waals surface area (Å²) in [6.45, 7) is 8.40. The van der Waals surface area contributed by atoms with Crippen molar-refractivity contribution < 1.29 is 0 Å². The van der Waals surface area contributed by atoms with Crippen molar-refractivity contribution >= 4 is 0 Å². The molecule has 0 atom stereocenters. The van der Waals surface area contributed by atoms with Gasteiger partial charge in [-0.25, -0.2) is 0 Å². The van der Waals surface area contributed by atoms with Crippen molar-refractivity contribution in [2.24, 2.45) is 0 Å². The van der Waals surface area contributed by atoms with E-state index in [-0.39, 0.29) is 0 Å². The summed E-state index contributed by atoms with van der Waals surface area (Å²) in [7, 11) is 0. The molecular formula is C8H14. The smallest absolute Gasteiger partial charge is 0.0399 e. The van der Waals surface area contributed by atoms with E-state index in [1.54, 1.807) is 0 Å². The predicted molar refractivity (Wildman–Crippen MR) is 38.9 cm³/mol. The fourth-order valence-electron chi connectivity index (χ4n) is 0.417. The van der Waals surface area contributed by atoms with E-state index in [4.69, 9.17) is 0 Å². The summed E-state index contributed by atoms with van der Waals surface area (Å²) in [4.78, 5) is 0. The highest BCUT2D eigenvalue weighted by atomic mass is 13.9. The van der Waals surface area contributed by atoms with Crippen LogP contribution in [0.15, 0.2) is 23.3 Å². The van der Waals surface area contributed by atoms with Gasteiger partial charge in [0.2, 0.25) is 0 Å². The number of hydrogen-bond acceptors (Lipinski definition) is 0. The third-order valence-electron chi connectivity index (χ3n) is 1.21. The van der Waals surface area contributed by atoms with Crippen molar-refractivity contribution in [3.05, 3.63) is 23.3 Å². The van der Waals surface area contributed by atoms with Gasteiger partial charge in [-0.2, -0.15) is 0 Å². The van der Waals surface area contributed by atoms with E-state index >= 15 is 0 Å². The van der Waals surface area contributed by atoms with Crippen LogP contribution in [-0.2, 0) is 0 Å². The summed E-state index contributed by atoms with van der Waals surface area (Å²) >= 11 is 0. The lowest BCUT2D eigenvalue weighted by Crippen LogP contribution is -1.70. The SMILES string of the molecule is CC=CC(C)=C(C)C. The summed E-state index contributed by atoms with van der Waals surface area (Å²) in [6, 6.07) is 0. The molecule has 0 unspecified atom stereocenters. The van der Waals surface area contributed by atoms with Gasteiger partial charge in [0.25, 0.3) is 0 Å². The molecular weight excluding hydrogens is 96.1 g/mol. The first-order valence-corrected chi connectivity index (χ1v) is 2.95. The summed E-state index contributed by atoms with van der Waals surface area (Å²) < 4.78 is 0. The molecule has 0 aromatic carbocycles. The Morgan fingerprint density at radius 3 is 1.75 bits per heavy atom. The van der Waals surface area contributed by atoms with Gasteiger partial charge in [-0.3, -0.25) is 0 Å². The Balaban J connectivity index is 4.00. The normalized spacial score (nSPS) is 10.0. The molecule has 0 aliphatic carbocycles. The monoisotopic (exact) mass is 110 g/mol. The van der Waals surface area contributed by atoms with Crippen LogP contribution in [0.2, 0.25) is 0 Å². The number of rotatable bonds is 1. The minimum atomic E-state index is 1.37. The predicted octanol–water partition coefficient (Wildman–Crippen LogP) is 2.92. The summed E-state index contributed by atoms with van der Waals surface area (Å²) in [6.07, 6.45) is 4.18. The van der Waals surface area contributed by atoms with Crippen LogP contribution in [0.3, 0.4) is 0 Å². The molecule has 0 saturated heterocycles. The molecule has 8 heavy (non-hydrogen) atoms. The van der Waals surface area contributed by atoms with Crippen molar-refractivity contribution in [3.8, 4) is 0 Å². The van der Waals surface area contributed by atoms with Gasteiger partial charge in [0, 0.05) is 0 Å². The highest BCUT2D eigenvalue weighted by molar-refractivity contribution is 5.19. The van der Waals surface area contributed by atoms with E-state index in [0.717, 1.165) is 0 Å². The lowest BCUT2D eigenvalue weighted by molar-refractivity contribution is 1.29. The standard InChI is InChI=1S/C8H14/c1-5-6-8(4)7(2)3/h5-6H,1-4H3. The molecule has 0 saturated carbocycles. The minimum absolute atomic E-state index is 1.37. The highest BCUT2D eigenvalue weighted by Crippen LogP contribution is 2.01. The van der Waals surface area contributed by atoms with Crippen LogP contribution in [0.25, 0.3) is 0 Å². The Labute approximate surface area is 51.9 Å². The van der Waals surface area contributed by atoms with Gasteiger partial charge < -0.3 is 0 Å². The average Bonchev–Trinajstić information content (AvgIpc) is 1.67. The third kappa shape index (κ3) is 2.62. The first kappa shape index (κ1) is 7.48.